The first-order chi connectivity index (χ1) is 12.7. The van der Waals surface area contributed by atoms with Gasteiger partial charge in [-0.2, -0.15) is 0 Å². The molecule has 0 aliphatic heterocycles. The Hall–Kier alpha value is -3.12. The molecule has 3 N–H and O–H groups in total. The van der Waals surface area contributed by atoms with E-state index in [0.717, 1.165) is 18.4 Å². The van der Waals surface area contributed by atoms with E-state index in [0.29, 0.717) is 24.5 Å². The molecule has 0 aliphatic rings. The van der Waals surface area contributed by atoms with Gasteiger partial charge in [-0.15, -0.1) is 0 Å². The summed E-state index contributed by atoms with van der Waals surface area (Å²) in [6.07, 6.45) is 4.90. The quantitative estimate of drug-likeness (QED) is 0.280. The molecule has 6 heteroatoms. The Balaban J connectivity index is 1.58. The molecule has 0 radical (unpaired) electrons. The van der Waals surface area contributed by atoms with Crippen LogP contribution in [0.3, 0.4) is 0 Å². The van der Waals surface area contributed by atoms with Crippen molar-refractivity contribution < 1.29 is 19.5 Å². The van der Waals surface area contributed by atoms with Crippen molar-refractivity contribution in [2.75, 3.05) is 13.2 Å². The third-order valence-corrected chi connectivity index (χ3v) is 3.58. The molecule has 0 bridgehead atoms. The van der Waals surface area contributed by atoms with Gasteiger partial charge in [0.1, 0.15) is 5.75 Å². The van der Waals surface area contributed by atoms with Gasteiger partial charge in [-0.1, -0.05) is 30.3 Å². The highest BCUT2D eigenvalue weighted by atomic mass is 16.5. The Morgan fingerprint density at radius 2 is 1.73 bits per heavy atom. The Kier molecular flexibility index (Phi) is 7.89. The summed E-state index contributed by atoms with van der Waals surface area (Å²) in [5.74, 6) is -0.0320. The molecular weight excluding hydrogens is 332 g/mol. The van der Waals surface area contributed by atoms with Gasteiger partial charge >= 0.3 is 0 Å². The Bertz CT molecular complexity index is 727. The largest absolute Gasteiger partial charge is 0.494 e. The molecule has 2 rings (SSSR count). The number of hydroxylamine groups is 1. The van der Waals surface area contributed by atoms with E-state index in [4.69, 9.17) is 9.94 Å². The van der Waals surface area contributed by atoms with Gasteiger partial charge in [-0.25, -0.2) is 5.48 Å². The molecular formula is C20H22N2O4. The summed E-state index contributed by atoms with van der Waals surface area (Å²) in [6.45, 7) is 1.10. The van der Waals surface area contributed by atoms with Crippen molar-refractivity contribution in [2.45, 2.75) is 12.8 Å². The number of hydrogen-bond acceptors (Lipinski definition) is 4. The van der Waals surface area contributed by atoms with Gasteiger partial charge in [0.25, 0.3) is 5.91 Å². The van der Waals surface area contributed by atoms with E-state index in [1.165, 1.54) is 6.08 Å². The van der Waals surface area contributed by atoms with Crippen LogP contribution in [0.15, 0.2) is 60.7 Å². The van der Waals surface area contributed by atoms with Crippen LogP contribution in [0.1, 0.15) is 28.8 Å². The number of benzene rings is 2. The number of rotatable bonds is 9. The fraction of sp³-hybridized carbons (Fsp3) is 0.200. The molecule has 2 aromatic rings. The zero-order chi connectivity index (χ0) is 18.6. The molecule has 0 atom stereocenters. The van der Waals surface area contributed by atoms with Gasteiger partial charge in [-0.05, 0) is 48.7 Å². The molecule has 0 saturated carbocycles. The number of nitrogens with one attached hydrogen (secondary N) is 2. The molecule has 0 heterocycles. The predicted molar refractivity (Wildman–Crippen MR) is 98.9 cm³/mol. The van der Waals surface area contributed by atoms with Crippen LogP contribution in [0.25, 0.3) is 6.08 Å². The number of amides is 2. The first-order valence-corrected chi connectivity index (χ1v) is 8.37. The van der Waals surface area contributed by atoms with E-state index >= 15 is 0 Å². The van der Waals surface area contributed by atoms with Gasteiger partial charge in [0.2, 0.25) is 5.91 Å². The second-order valence-corrected chi connectivity index (χ2v) is 5.56. The number of hydrogen-bond donors (Lipinski definition) is 3. The lowest BCUT2D eigenvalue weighted by Gasteiger charge is -2.07. The van der Waals surface area contributed by atoms with Crippen molar-refractivity contribution in [3.63, 3.8) is 0 Å². The third kappa shape index (κ3) is 6.78. The van der Waals surface area contributed by atoms with Crippen molar-refractivity contribution in [1.29, 1.82) is 0 Å². The number of ether oxygens (including phenoxy) is 1. The second kappa shape index (κ2) is 10.7. The van der Waals surface area contributed by atoms with E-state index in [1.54, 1.807) is 35.8 Å². The summed E-state index contributed by atoms with van der Waals surface area (Å²) in [7, 11) is 0. The SMILES string of the molecule is O=C(/C=C/c1ccccc1)NCCCCOc1ccc(C(=O)NO)cc1. The Morgan fingerprint density at radius 3 is 2.42 bits per heavy atom. The van der Waals surface area contributed by atoms with Crippen molar-refractivity contribution in [2.24, 2.45) is 0 Å². The molecule has 0 fully saturated rings. The molecule has 0 aromatic heterocycles. The average molecular weight is 354 g/mol. The average Bonchev–Trinajstić information content (AvgIpc) is 2.69. The van der Waals surface area contributed by atoms with E-state index in [1.807, 2.05) is 30.3 Å². The summed E-state index contributed by atoms with van der Waals surface area (Å²) in [5.41, 5.74) is 2.91. The second-order valence-electron chi connectivity index (χ2n) is 5.56. The Morgan fingerprint density at radius 1 is 1.00 bits per heavy atom. The highest BCUT2D eigenvalue weighted by Gasteiger charge is 2.03. The highest BCUT2D eigenvalue weighted by molar-refractivity contribution is 5.93. The normalized spacial score (nSPS) is 10.5. The molecule has 2 aromatic carbocycles. The minimum Gasteiger partial charge on any atom is -0.494 e. The van der Waals surface area contributed by atoms with Crippen LogP contribution >= 0.6 is 0 Å². The van der Waals surface area contributed by atoms with Crippen LogP contribution in [0.4, 0.5) is 0 Å². The van der Waals surface area contributed by atoms with Crippen LogP contribution in [-0.4, -0.2) is 30.2 Å². The highest BCUT2D eigenvalue weighted by Crippen LogP contribution is 2.12. The Labute approximate surface area is 152 Å². The van der Waals surface area contributed by atoms with Crippen LogP contribution < -0.4 is 15.5 Å². The van der Waals surface area contributed by atoms with Gasteiger partial charge < -0.3 is 10.1 Å². The van der Waals surface area contributed by atoms with Crippen LogP contribution in [0, 0.1) is 0 Å². The molecule has 0 unspecified atom stereocenters. The monoisotopic (exact) mass is 354 g/mol. The summed E-state index contributed by atoms with van der Waals surface area (Å²) >= 11 is 0. The van der Waals surface area contributed by atoms with Crippen molar-refractivity contribution in [3.8, 4) is 5.75 Å². The first-order valence-electron chi connectivity index (χ1n) is 8.37. The molecule has 2 amide bonds. The molecule has 0 aliphatic carbocycles. The van der Waals surface area contributed by atoms with Gasteiger partial charge in [0, 0.05) is 18.2 Å². The summed E-state index contributed by atoms with van der Waals surface area (Å²) < 4.78 is 5.57. The van der Waals surface area contributed by atoms with Gasteiger partial charge in [-0.3, -0.25) is 14.8 Å². The maximum atomic E-state index is 11.7. The fourth-order valence-electron chi connectivity index (χ4n) is 2.19. The number of unbranched alkanes of at least 4 members (excludes halogenated alkanes) is 1. The molecule has 0 spiro atoms. The summed E-state index contributed by atoms with van der Waals surface area (Å²) in [6, 6.07) is 16.1. The topological polar surface area (TPSA) is 87.7 Å². The predicted octanol–water partition coefficient (Wildman–Crippen LogP) is 2.79. The maximum Gasteiger partial charge on any atom is 0.274 e. The minimum atomic E-state index is -0.561. The third-order valence-electron chi connectivity index (χ3n) is 3.58. The summed E-state index contributed by atoms with van der Waals surface area (Å²) in [5, 5.41) is 11.4. The van der Waals surface area contributed by atoms with Gasteiger partial charge in [0.05, 0.1) is 6.61 Å². The number of carbonyl (C=O) groups excluding carboxylic acids is 2. The minimum absolute atomic E-state index is 0.118. The smallest absolute Gasteiger partial charge is 0.274 e. The zero-order valence-corrected chi connectivity index (χ0v) is 14.4. The standard InChI is InChI=1S/C20H22N2O4/c23-19(13-8-16-6-2-1-3-7-16)21-14-4-5-15-26-18-11-9-17(10-12-18)20(24)22-25/h1-3,6-13,25H,4-5,14-15H2,(H,21,23)(H,22,24)/b13-8+. The van der Waals surface area contributed by atoms with Gasteiger partial charge in [0.15, 0.2) is 0 Å². The van der Waals surface area contributed by atoms with Crippen LogP contribution in [-0.2, 0) is 4.79 Å². The molecule has 6 nitrogen and oxygen atoms in total. The van der Waals surface area contributed by atoms with E-state index in [-0.39, 0.29) is 5.91 Å². The van der Waals surface area contributed by atoms with Crippen molar-refractivity contribution in [3.05, 3.63) is 71.8 Å². The molecule has 136 valence electrons. The lowest BCUT2D eigenvalue weighted by Crippen LogP contribution is -2.22. The van der Waals surface area contributed by atoms with E-state index < -0.39 is 5.91 Å². The first kappa shape index (κ1) is 19.2. The van der Waals surface area contributed by atoms with E-state index in [2.05, 4.69) is 5.32 Å². The van der Waals surface area contributed by atoms with Crippen molar-refractivity contribution in [1.82, 2.24) is 10.8 Å². The fourth-order valence-corrected chi connectivity index (χ4v) is 2.19. The summed E-state index contributed by atoms with van der Waals surface area (Å²) in [4.78, 5) is 22.9. The van der Waals surface area contributed by atoms with Crippen LogP contribution in [0.5, 0.6) is 5.75 Å². The lowest BCUT2D eigenvalue weighted by atomic mass is 10.2. The van der Waals surface area contributed by atoms with E-state index in [9.17, 15) is 9.59 Å². The molecule has 26 heavy (non-hydrogen) atoms. The van der Waals surface area contributed by atoms with Crippen molar-refractivity contribution >= 4 is 17.9 Å². The molecule has 0 saturated heterocycles. The lowest BCUT2D eigenvalue weighted by molar-refractivity contribution is -0.116. The maximum absolute atomic E-state index is 11.7. The number of carbonyl (C=O) groups is 2. The van der Waals surface area contributed by atoms with Crippen LogP contribution in [0.2, 0.25) is 0 Å². The zero-order valence-electron chi connectivity index (χ0n) is 14.4.